The molecule has 14 heavy (non-hydrogen) atoms. The van der Waals surface area contributed by atoms with E-state index in [-0.39, 0.29) is 5.60 Å². The Kier molecular flexibility index (Phi) is 9.85. The third kappa shape index (κ3) is 9.52. The molecule has 0 unspecified atom stereocenters. The van der Waals surface area contributed by atoms with Crippen LogP contribution in [0.5, 0.6) is 0 Å². The van der Waals surface area contributed by atoms with Gasteiger partial charge in [0, 0.05) is 11.5 Å². The Morgan fingerprint density at radius 2 is 1.86 bits per heavy atom. The summed E-state index contributed by atoms with van der Waals surface area (Å²) in [5, 5.41) is 0. The maximum Gasteiger partial charge on any atom is 0.0701 e. The fourth-order valence-electron chi connectivity index (χ4n) is 0.849. The van der Waals surface area contributed by atoms with E-state index in [4.69, 9.17) is 8.92 Å². The zero-order chi connectivity index (χ0) is 10.9. The lowest BCUT2D eigenvalue weighted by Gasteiger charge is -2.24. The maximum absolute atomic E-state index is 5.68. The van der Waals surface area contributed by atoms with E-state index in [1.165, 1.54) is 12.0 Å². The fraction of sp³-hybridized carbons (Fsp3) is 1.00. The Morgan fingerprint density at radius 1 is 1.14 bits per heavy atom. The third-order valence-corrected chi connectivity index (χ3v) is 2.70. The van der Waals surface area contributed by atoms with Crippen LogP contribution in [0.1, 0.15) is 20.3 Å². The molecule has 0 amide bonds. The van der Waals surface area contributed by atoms with Crippen molar-refractivity contribution in [3.05, 3.63) is 0 Å². The lowest BCUT2D eigenvalue weighted by molar-refractivity contribution is -0.0103. The Labute approximate surface area is 103 Å². The van der Waals surface area contributed by atoms with Crippen LogP contribution in [0.4, 0.5) is 0 Å². The van der Waals surface area contributed by atoms with Crippen LogP contribution in [0.3, 0.4) is 0 Å². The highest BCUT2D eigenvalue weighted by Crippen LogP contribution is 2.15. The van der Waals surface area contributed by atoms with E-state index in [2.05, 4.69) is 39.1 Å². The van der Waals surface area contributed by atoms with Crippen LogP contribution in [0.15, 0.2) is 0 Å². The molecule has 0 fully saturated rings. The van der Waals surface area contributed by atoms with Crippen molar-refractivity contribution in [3.63, 3.8) is 0 Å². The second-order valence-electron chi connectivity index (χ2n) is 3.45. The number of hydrogen-bond donors (Lipinski definition) is 2. The molecule has 0 rings (SSSR count). The van der Waals surface area contributed by atoms with Gasteiger partial charge in [0.15, 0.2) is 0 Å². The molecular weight excluding hydrogens is 236 g/mol. The van der Waals surface area contributed by atoms with Crippen LogP contribution < -0.4 is 0 Å². The number of rotatable bonds is 9. The molecule has 0 spiro atoms. The van der Waals surface area contributed by atoms with Gasteiger partial charge in [-0.05, 0) is 38.1 Å². The van der Waals surface area contributed by atoms with Crippen molar-refractivity contribution in [2.45, 2.75) is 25.9 Å². The van der Waals surface area contributed by atoms with Crippen LogP contribution in [-0.4, -0.2) is 36.1 Å². The standard InChI is InChI=1S/C9H20O2S3/c1-9(2,3-6-12)10-5-8-14-11-4-7-13/h12-13H,3-8H2,1-2H3. The highest BCUT2D eigenvalue weighted by Gasteiger charge is 2.16. The largest absolute Gasteiger partial charge is 0.375 e. The van der Waals surface area contributed by atoms with Gasteiger partial charge in [-0.25, -0.2) is 0 Å². The van der Waals surface area contributed by atoms with Crippen LogP contribution in [-0.2, 0) is 8.92 Å². The molecule has 0 N–H and O–H groups in total. The summed E-state index contributed by atoms with van der Waals surface area (Å²) in [5.41, 5.74) is -0.0636. The zero-order valence-electron chi connectivity index (χ0n) is 8.86. The van der Waals surface area contributed by atoms with E-state index < -0.39 is 0 Å². The monoisotopic (exact) mass is 256 g/mol. The second kappa shape index (κ2) is 9.21. The molecule has 0 atom stereocenters. The molecule has 5 heteroatoms. The predicted octanol–water partition coefficient (Wildman–Crippen LogP) is 2.70. The van der Waals surface area contributed by atoms with Gasteiger partial charge in [-0.15, -0.1) is 0 Å². The van der Waals surface area contributed by atoms with Gasteiger partial charge in [0.25, 0.3) is 0 Å². The minimum Gasteiger partial charge on any atom is -0.375 e. The summed E-state index contributed by atoms with van der Waals surface area (Å²) in [5.74, 6) is 2.49. The molecule has 0 heterocycles. The van der Waals surface area contributed by atoms with Gasteiger partial charge in [-0.1, -0.05) is 0 Å². The molecule has 86 valence electrons. The van der Waals surface area contributed by atoms with E-state index in [0.717, 1.165) is 30.3 Å². The number of ether oxygens (including phenoxy) is 1. The summed E-state index contributed by atoms with van der Waals surface area (Å²) in [4.78, 5) is 0. The molecule has 2 nitrogen and oxygen atoms in total. The SMILES string of the molecule is CC(C)(CCS)OCCSOCCS. The van der Waals surface area contributed by atoms with Gasteiger partial charge < -0.3 is 8.92 Å². The summed E-state index contributed by atoms with van der Waals surface area (Å²) in [6, 6.07) is 0. The first-order chi connectivity index (χ1) is 6.62. The van der Waals surface area contributed by atoms with Gasteiger partial charge in [0.1, 0.15) is 0 Å². The molecular formula is C9H20O2S3. The second-order valence-corrected chi connectivity index (χ2v) is 5.22. The van der Waals surface area contributed by atoms with Crippen LogP contribution in [0.25, 0.3) is 0 Å². The topological polar surface area (TPSA) is 18.5 Å². The van der Waals surface area contributed by atoms with Gasteiger partial charge in [-0.2, -0.15) is 25.3 Å². The molecule has 0 aromatic carbocycles. The Hall–Kier alpha value is 0.970. The Morgan fingerprint density at radius 3 is 2.43 bits per heavy atom. The lowest BCUT2D eigenvalue weighted by Crippen LogP contribution is -2.26. The van der Waals surface area contributed by atoms with Crippen molar-refractivity contribution in [2.75, 3.05) is 30.5 Å². The molecule has 0 saturated heterocycles. The van der Waals surface area contributed by atoms with Crippen molar-refractivity contribution in [3.8, 4) is 0 Å². The molecule has 0 saturated carbocycles. The highest BCUT2D eigenvalue weighted by molar-refractivity contribution is 7.94. The molecule has 0 bridgehead atoms. The van der Waals surface area contributed by atoms with Gasteiger partial charge in [0.05, 0.1) is 18.8 Å². The summed E-state index contributed by atoms with van der Waals surface area (Å²) >= 11 is 9.67. The van der Waals surface area contributed by atoms with Gasteiger partial charge in [0.2, 0.25) is 0 Å². The van der Waals surface area contributed by atoms with Crippen LogP contribution >= 0.6 is 37.3 Å². The average Bonchev–Trinajstić information content (AvgIpc) is 2.11. The number of hydrogen-bond acceptors (Lipinski definition) is 5. The minimum atomic E-state index is -0.0636. The first-order valence-corrected chi connectivity index (χ1v) is 6.90. The highest BCUT2D eigenvalue weighted by atomic mass is 32.2. The van der Waals surface area contributed by atoms with Crippen molar-refractivity contribution in [2.24, 2.45) is 0 Å². The van der Waals surface area contributed by atoms with Crippen LogP contribution in [0, 0.1) is 0 Å². The first-order valence-electron chi connectivity index (χ1n) is 4.72. The predicted molar refractivity (Wildman–Crippen MR) is 70.8 cm³/mol. The van der Waals surface area contributed by atoms with Crippen LogP contribution in [0.2, 0.25) is 0 Å². The van der Waals surface area contributed by atoms with Gasteiger partial charge >= 0.3 is 0 Å². The smallest absolute Gasteiger partial charge is 0.0701 e. The summed E-state index contributed by atoms with van der Waals surface area (Å²) in [6.07, 6.45) is 0.971. The Balaban J connectivity index is 3.26. The zero-order valence-corrected chi connectivity index (χ0v) is 11.5. The van der Waals surface area contributed by atoms with Crippen molar-refractivity contribution >= 4 is 37.3 Å². The fourth-order valence-corrected chi connectivity index (χ4v) is 2.07. The van der Waals surface area contributed by atoms with Crippen molar-refractivity contribution < 1.29 is 8.92 Å². The Bertz CT molecular complexity index is 131. The summed E-state index contributed by atoms with van der Waals surface area (Å²) < 4.78 is 10.9. The van der Waals surface area contributed by atoms with E-state index >= 15 is 0 Å². The van der Waals surface area contributed by atoms with E-state index in [0.29, 0.717) is 6.61 Å². The minimum absolute atomic E-state index is 0.0636. The molecule has 0 aliphatic heterocycles. The molecule has 0 aromatic heterocycles. The first kappa shape index (κ1) is 15.0. The molecule has 0 radical (unpaired) electrons. The molecule has 0 aliphatic rings. The van der Waals surface area contributed by atoms with Gasteiger partial charge in [-0.3, -0.25) is 0 Å². The normalized spacial score (nSPS) is 12.0. The van der Waals surface area contributed by atoms with E-state index in [1.807, 2.05) is 0 Å². The quantitative estimate of drug-likeness (QED) is 0.376. The average molecular weight is 256 g/mol. The maximum atomic E-state index is 5.68. The van der Waals surface area contributed by atoms with Crippen molar-refractivity contribution in [1.82, 2.24) is 0 Å². The summed E-state index contributed by atoms with van der Waals surface area (Å²) in [7, 11) is 0. The van der Waals surface area contributed by atoms with E-state index in [1.54, 1.807) is 0 Å². The van der Waals surface area contributed by atoms with Crippen molar-refractivity contribution in [1.29, 1.82) is 0 Å². The van der Waals surface area contributed by atoms with E-state index in [9.17, 15) is 0 Å². The number of thiol groups is 2. The molecule has 0 aromatic rings. The summed E-state index contributed by atoms with van der Waals surface area (Å²) in [6.45, 7) is 5.58. The third-order valence-electron chi connectivity index (χ3n) is 1.63. The lowest BCUT2D eigenvalue weighted by atomic mass is 10.1. The molecule has 0 aliphatic carbocycles.